The number of hydrogen-bond donors (Lipinski definition) is 3. The van der Waals surface area contributed by atoms with Crippen molar-refractivity contribution in [3.05, 3.63) is 35.4 Å². The third-order valence-corrected chi connectivity index (χ3v) is 4.36. The van der Waals surface area contributed by atoms with Gasteiger partial charge >= 0.3 is 0 Å². The largest absolute Gasteiger partial charge is 0.352 e. The molecular weight excluding hydrogens is 338 g/mol. The minimum Gasteiger partial charge on any atom is -0.352 e. The highest BCUT2D eigenvalue weighted by atomic mass is 35.5. The van der Waals surface area contributed by atoms with Gasteiger partial charge in [-0.05, 0) is 30.5 Å². The van der Waals surface area contributed by atoms with Crippen LogP contribution >= 0.6 is 12.4 Å². The number of hydrogen-bond acceptors (Lipinski definition) is 3. The molecule has 25 heavy (non-hydrogen) atoms. The van der Waals surface area contributed by atoms with Crippen molar-refractivity contribution in [3.63, 3.8) is 0 Å². The fourth-order valence-electron chi connectivity index (χ4n) is 2.08. The van der Waals surface area contributed by atoms with Gasteiger partial charge in [0.2, 0.25) is 5.91 Å². The summed E-state index contributed by atoms with van der Waals surface area (Å²) in [6.07, 6.45) is 1.63. The van der Waals surface area contributed by atoms with Crippen molar-refractivity contribution in [2.24, 2.45) is 11.1 Å². The van der Waals surface area contributed by atoms with Crippen molar-refractivity contribution in [1.82, 2.24) is 10.6 Å². The van der Waals surface area contributed by atoms with Crippen LogP contribution in [0.25, 0.3) is 0 Å². The Labute approximate surface area is 157 Å². The van der Waals surface area contributed by atoms with Crippen LogP contribution in [0.2, 0.25) is 0 Å². The summed E-state index contributed by atoms with van der Waals surface area (Å²) >= 11 is 0. The van der Waals surface area contributed by atoms with Gasteiger partial charge in [0.05, 0.1) is 0 Å². The van der Waals surface area contributed by atoms with Crippen LogP contribution in [0.1, 0.15) is 63.4 Å². The highest BCUT2D eigenvalue weighted by Crippen LogP contribution is 2.13. The van der Waals surface area contributed by atoms with Gasteiger partial charge in [0.15, 0.2) is 0 Å². The van der Waals surface area contributed by atoms with Crippen molar-refractivity contribution < 1.29 is 9.59 Å². The number of benzene rings is 1. The zero-order chi connectivity index (χ0) is 18.4. The number of rotatable bonds is 7. The predicted molar refractivity (Wildman–Crippen MR) is 105 cm³/mol. The van der Waals surface area contributed by atoms with E-state index in [0.717, 1.165) is 18.4 Å². The van der Waals surface area contributed by atoms with Gasteiger partial charge in [-0.2, -0.15) is 0 Å². The number of carbonyl (C=O) groups excluding carboxylic acids is 2. The molecule has 1 aromatic rings. The lowest BCUT2D eigenvalue weighted by Crippen LogP contribution is -2.49. The van der Waals surface area contributed by atoms with Gasteiger partial charge < -0.3 is 16.4 Å². The quantitative estimate of drug-likeness (QED) is 0.690. The van der Waals surface area contributed by atoms with Gasteiger partial charge in [-0.15, -0.1) is 12.4 Å². The molecule has 0 unspecified atom stereocenters. The van der Waals surface area contributed by atoms with E-state index in [1.807, 2.05) is 46.8 Å². The van der Waals surface area contributed by atoms with E-state index in [1.165, 1.54) is 0 Å². The summed E-state index contributed by atoms with van der Waals surface area (Å²) in [6.45, 7) is 10.6. The SMILES string of the molecule is CCC(N)(CC)CNC(=O)c1ccc(CNC(=O)C(C)(C)C)cc1.Cl. The molecule has 4 N–H and O–H groups in total. The molecule has 0 atom stereocenters. The third kappa shape index (κ3) is 7.45. The molecule has 0 aliphatic rings. The normalized spacial score (nSPS) is 11.4. The second-order valence-electron chi connectivity index (χ2n) is 7.38. The minimum atomic E-state index is -0.410. The second-order valence-corrected chi connectivity index (χ2v) is 7.38. The molecule has 0 aliphatic carbocycles. The molecule has 142 valence electrons. The molecule has 6 heteroatoms. The Morgan fingerprint density at radius 3 is 1.96 bits per heavy atom. The van der Waals surface area contributed by atoms with Crippen LogP contribution in [-0.4, -0.2) is 23.9 Å². The Bertz CT molecular complexity index is 561. The molecule has 0 spiro atoms. The van der Waals surface area contributed by atoms with Gasteiger partial charge in [0.1, 0.15) is 0 Å². The monoisotopic (exact) mass is 369 g/mol. The highest BCUT2D eigenvalue weighted by molar-refractivity contribution is 5.94. The number of nitrogens with two attached hydrogens (primary N) is 1. The van der Waals surface area contributed by atoms with Crippen LogP contribution in [0.15, 0.2) is 24.3 Å². The van der Waals surface area contributed by atoms with Crippen LogP contribution < -0.4 is 16.4 Å². The summed E-state index contributed by atoms with van der Waals surface area (Å²) in [7, 11) is 0. The Morgan fingerprint density at radius 2 is 1.52 bits per heavy atom. The first-order valence-electron chi connectivity index (χ1n) is 8.55. The van der Waals surface area contributed by atoms with Crippen LogP contribution in [-0.2, 0) is 11.3 Å². The minimum absolute atomic E-state index is 0. The van der Waals surface area contributed by atoms with E-state index in [9.17, 15) is 9.59 Å². The van der Waals surface area contributed by atoms with Crippen LogP contribution in [0, 0.1) is 5.41 Å². The Hall–Kier alpha value is -1.59. The molecule has 0 aliphatic heterocycles. The van der Waals surface area contributed by atoms with Gasteiger partial charge in [0.25, 0.3) is 5.91 Å². The van der Waals surface area contributed by atoms with Crippen LogP contribution in [0.5, 0.6) is 0 Å². The standard InChI is InChI=1S/C19H31N3O2.ClH/c1-6-19(20,7-2)13-22-16(23)15-10-8-14(9-11-15)12-21-17(24)18(3,4)5;/h8-11H,6-7,12-13,20H2,1-5H3,(H,21,24)(H,22,23);1H. The molecule has 0 saturated heterocycles. The zero-order valence-corrected chi connectivity index (χ0v) is 16.8. The van der Waals surface area contributed by atoms with Gasteiger partial charge in [-0.25, -0.2) is 0 Å². The maximum Gasteiger partial charge on any atom is 0.251 e. The summed E-state index contributed by atoms with van der Waals surface area (Å²) < 4.78 is 0. The van der Waals surface area contributed by atoms with E-state index < -0.39 is 5.41 Å². The Balaban J connectivity index is 0.00000576. The molecule has 5 nitrogen and oxygen atoms in total. The molecule has 1 aromatic carbocycles. The smallest absolute Gasteiger partial charge is 0.251 e. The fraction of sp³-hybridized carbons (Fsp3) is 0.579. The average Bonchev–Trinajstić information content (AvgIpc) is 2.56. The molecule has 0 heterocycles. The van der Waals surface area contributed by atoms with Crippen molar-refractivity contribution in [1.29, 1.82) is 0 Å². The second kappa shape index (κ2) is 9.78. The summed E-state index contributed by atoms with van der Waals surface area (Å²) in [5.74, 6) is -0.125. The van der Waals surface area contributed by atoms with Crippen molar-refractivity contribution in [2.75, 3.05) is 6.54 Å². The zero-order valence-electron chi connectivity index (χ0n) is 15.9. The number of nitrogens with one attached hydrogen (secondary N) is 2. The molecular formula is C19H32ClN3O2. The fourth-order valence-corrected chi connectivity index (χ4v) is 2.08. The van der Waals surface area contributed by atoms with Crippen molar-refractivity contribution >= 4 is 24.2 Å². The first kappa shape index (κ1) is 23.4. The first-order chi connectivity index (χ1) is 11.1. The van der Waals surface area contributed by atoms with Gasteiger partial charge in [0, 0.05) is 29.6 Å². The Morgan fingerprint density at radius 1 is 1.00 bits per heavy atom. The molecule has 0 aromatic heterocycles. The lowest BCUT2D eigenvalue weighted by atomic mass is 9.94. The Kier molecular flexibility index (Phi) is 9.16. The molecule has 0 bridgehead atoms. The van der Waals surface area contributed by atoms with E-state index in [2.05, 4.69) is 10.6 Å². The average molecular weight is 370 g/mol. The first-order valence-corrected chi connectivity index (χ1v) is 8.55. The maximum absolute atomic E-state index is 12.2. The summed E-state index contributed by atoms with van der Waals surface area (Å²) in [4.78, 5) is 24.1. The van der Waals surface area contributed by atoms with E-state index in [0.29, 0.717) is 18.7 Å². The maximum atomic E-state index is 12.2. The van der Waals surface area contributed by atoms with Crippen molar-refractivity contribution in [3.8, 4) is 0 Å². The van der Waals surface area contributed by atoms with E-state index in [4.69, 9.17) is 5.73 Å². The lowest BCUT2D eigenvalue weighted by Gasteiger charge is -2.26. The topological polar surface area (TPSA) is 84.2 Å². The number of amides is 2. The van der Waals surface area contributed by atoms with E-state index in [1.54, 1.807) is 12.1 Å². The molecule has 2 amide bonds. The lowest BCUT2D eigenvalue weighted by molar-refractivity contribution is -0.128. The number of halogens is 1. The van der Waals surface area contributed by atoms with E-state index >= 15 is 0 Å². The molecule has 0 radical (unpaired) electrons. The highest BCUT2D eigenvalue weighted by Gasteiger charge is 2.22. The summed E-state index contributed by atoms with van der Waals surface area (Å²) in [5.41, 5.74) is 6.98. The molecule has 0 fully saturated rings. The summed E-state index contributed by atoms with van der Waals surface area (Å²) in [6, 6.07) is 7.24. The summed E-state index contributed by atoms with van der Waals surface area (Å²) in [5, 5.41) is 5.79. The van der Waals surface area contributed by atoms with E-state index in [-0.39, 0.29) is 29.8 Å². The molecule has 0 saturated carbocycles. The van der Waals surface area contributed by atoms with Gasteiger partial charge in [-0.1, -0.05) is 46.8 Å². The van der Waals surface area contributed by atoms with Crippen LogP contribution in [0.3, 0.4) is 0 Å². The van der Waals surface area contributed by atoms with Gasteiger partial charge in [-0.3, -0.25) is 9.59 Å². The third-order valence-electron chi connectivity index (χ3n) is 4.36. The van der Waals surface area contributed by atoms with Crippen molar-refractivity contribution in [2.45, 2.75) is 59.5 Å². The van der Waals surface area contributed by atoms with Crippen LogP contribution in [0.4, 0.5) is 0 Å². The number of carbonyl (C=O) groups is 2. The predicted octanol–water partition coefficient (Wildman–Crippen LogP) is 3.02. The molecule has 1 rings (SSSR count).